The topological polar surface area (TPSA) is 138 Å². The van der Waals surface area contributed by atoms with Gasteiger partial charge in [-0.25, -0.2) is 4.79 Å². The molecule has 0 atom stereocenters. The zero-order valence-electron chi connectivity index (χ0n) is 19.9. The number of urea groups is 1. The van der Waals surface area contributed by atoms with Gasteiger partial charge in [0.05, 0.1) is 27.8 Å². The molecule has 0 radical (unpaired) electrons. The molecule has 4 aromatic rings. The van der Waals surface area contributed by atoms with E-state index in [0.29, 0.717) is 16.2 Å². The van der Waals surface area contributed by atoms with Gasteiger partial charge in [0, 0.05) is 24.6 Å². The number of aliphatic carboxylic acids is 1. The fourth-order valence-corrected chi connectivity index (χ4v) is 3.84. The molecule has 0 spiro atoms. The van der Waals surface area contributed by atoms with Crippen LogP contribution in [0, 0.1) is 0 Å². The summed E-state index contributed by atoms with van der Waals surface area (Å²) in [5.74, 6) is -1.50. The Morgan fingerprint density at radius 1 is 0.950 bits per heavy atom. The highest BCUT2D eigenvalue weighted by molar-refractivity contribution is 5.89. The number of aromatic amines is 1. The van der Waals surface area contributed by atoms with E-state index in [9.17, 15) is 45.5 Å². The van der Waals surface area contributed by atoms with E-state index in [-0.39, 0.29) is 17.7 Å². The van der Waals surface area contributed by atoms with Crippen LogP contribution in [0.15, 0.2) is 64.4 Å². The number of amides is 2. The minimum Gasteiger partial charge on any atom is -0.480 e. The predicted molar refractivity (Wildman–Crippen MR) is 128 cm³/mol. The highest BCUT2D eigenvalue weighted by atomic mass is 19.4. The molecule has 0 unspecified atom stereocenters. The average molecular weight is 569 g/mol. The average Bonchev–Trinajstić information content (AvgIpc) is 3.33. The largest absolute Gasteiger partial charge is 0.480 e. The third kappa shape index (κ3) is 6.00. The Bertz CT molecular complexity index is 1720. The third-order valence-electron chi connectivity index (χ3n) is 5.65. The molecule has 4 N–H and O–H groups in total. The van der Waals surface area contributed by atoms with Crippen LogP contribution in [0.3, 0.4) is 0 Å². The molecule has 0 aliphatic heterocycles. The molecule has 40 heavy (non-hydrogen) atoms. The predicted octanol–water partition coefficient (Wildman–Crippen LogP) is 3.92. The van der Waals surface area contributed by atoms with Crippen LogP contribution in [0.1, 0.15) is 16.7 Å². The Kier molecular flexibility index (Phi) is 7.19. The van der Waals surface area contributed by atoms with Crippen molar-refractivity contribution in [3.63, 3.8) is 0 Å². The van der Waals surface area contributed by atoms with Crippen molar-refractivity contribution in [1.29, 1.82) is 0 Å². The number of hydrogen-bond donors (Lipinski definition) is 4. The molecule has 2 amide bonds. The number of fused-ring (bicyclic) bond motifs is 1. The Morgan fingerprint density at radius 2 is 1.62 bits per heavy atom. The molecule has 210 valence electrons. The highest BCUT2D eigenvalue weighted by Crippen LogP contribution is 2.36. The van der Waals surface area contributed by atoms with Crippen LogP contribution in [0.2, 0.25) is 0 Å². The zero-order valence-corrected chi connectivity index (χ0v) is 19.9. The van der Waals surface area contributed by atoms with Gasteiger partial charge in [0.25, 0.3) is 0 Å². The summed E-state index contributed by atoms with van der Waals surface area (Å²) in [5.41, 5.74) is -5.44. The normalized spacial score (nSPS) is 11.9. The highest BCUT2D eigenvalue weighted by Gasteiger charge is 2.35. The molecule has 0 aliphatic rings. The lowest BCUT2D eigenvalue weighted by Crippen LogP contribution is -2.38. The van der Waals surface area contributed by atoms with Crippen molar-refractivity contribution in [2.24, 2.45) is 0 Å². The quantitative estimate of drug-likeness (QED) is 0.206. The van der Waals surface area contributed by atoms with Crippen LogP contribution in [-0.2, 0) is 30.2 Å². The second-order valence-electron chi connectivity index (χ2n) is 8.43. The van der Waals surface area contributed by atoms with E-state index >= 15 is 0 Å². The second kappa shape index (κ2) is 10.3. The number of alkyl halides is 6. The number of anilines is 1. The number of aromatic nitrogens is 3. The van der Waals surface area contributed by atoms with Crippen molar-refractivity contribution < 1.29 is 41.0 Å². The number of hydrogen-bond acceptors (Lipinski definition) is 4. The Hall–Kier alpha value is -5.02. The first kappa shape index (κ1) is 28.0. The smallest absolute Gasteiger partial charge is 0.418 e. The number of carboxylic acid groups (broad SMARTS) is 1. The summed E-state index contributed by atoms with van der Waals surface area (Å²) in [6.45, 7) is -1.16. The second-order valence-corrected chi connectivity index (χ2v) is 8.43. The van der Waals surface area contributed by atoms with Gasteiger partial charge in [-0.3, -0.25) is 19.0 Å². The SMILES string of the molecule is O=C(O)Cn1c(=O)c(=O)[nH]c2cc(C(F)(F)F)c(-n3ccc(CNC(=O)Nc4ccc(C(F)(F)F)cc4)c3)cc21. The molecule has 0 saturated carbocycles. The number of rotatable bonds is 6. The van der Waals surface area contributed by atoms with Gasteiger partial charge >= 0.3 is 35.5 Å². The molecule has 2 heterocycles. The molecule has 0 fully saturated rings. The van der Waals surface area contributed by atoms with Crippen LogP contribution < -0.4 is 21.8 Å². The van der Waals surface area contributed by atoms with E-state index < -0.39 is 64.3 Å². The molecule has 0 bridgehead atoms. The number of benzene rings is 2. The maximum atomic E-state index is 13.9. The van der Waals surface area contributed by atoms with Crippen molar-refractivity contribution in [2.45, 2.75) is 25.4 Å². The maximum absolute atomic E-state index is 13.9. The van der Waals surface area contributed by atoms with E-state index in [1.165, 1.54) is 18.5 Å². The van der Waals surface area contributed by atoms with Crippen LogP contribution >= 0.6 is 0 Å². The van der Waals surface area contributed by atoms with E-state index in [2.05, 4.69) is 10.6 Å². The lowest BCUT2D eigenvalue weighted by atomic mass is 10.1. The molecule has 0 saturated heterocycles. The van der Waals surface area contributed by atoms with Crippen LogP contribution in [0.5, 0.6) is 0 Å². The minimum absolute atomic E-state index is 0.0690. The van der Waals surface area contributed by atoms with Gasteiger partial charge in [-0.1, -0.05) is 0 Å². The molecule has 10 nitrogen and oxygen atoms in total. The zero-order chi connectivity index (χ0) is 29.4. The van der Waals surface area contributed by atoms with Crippen LogP contribution in [-0.4, -0.2) is 31.2 Å². The summed E-state index contributed by atoms with van der Waals surface area (Å²) >= 11 is 0. The first-order valence-corrected chi connectivity index (χ1v) is 11.1. The lowest BCUT2D eigenvalue weighted by molar-refractivity contribution is -0.138. The Labute approximate surface area is 218 Å². The molecular weight excluding hydrogens is 552 g/mol. The van der Waals surface area contributed by atoms with Crippen LogP contribution in [0.25, 0.3) is 16.7 Å². The van der Waals surface area contributed by atoms with Gasteiger partial charge in [-0.05, 0) is 48.0 Å². The standard InChI is InChI=1S/C24H17F6N5O5/c25-23(26,27)13-1-3-14(4-2-13)32-22(40)31-9-12-5-6-34(10-12)17-8-18-16(7-15(17)24(28,29)30)33-20(38)21(39)35(18)11-19(36)37/h1-8,10H,9,11H2,(H,33,38)(H,36,37)(H2,31,32,40). The molecule has 4 rings (SSSR count). The number of carboxylic acids is 1. The molecule has 2 aromatic heterocycles. The lowest BCUT2D eigenvalue weighted by Gasteiger charge is -2.17. The van der Waals surface area contributed by atoms with Gasteiger partial charge in [0.15, 0.2) is 0 Å². The Morgan fingerprint density at radius 3 is 2.23 bits per heavy atom. The number of nitrogens with one attached hydrogen (secondary N) is 3. The summed E-state index contributed by atoms with van der Waals surface area (Å²) in [7, 11) is 0. The van der Waals surface area contributed by atoms with E-state index in [4.69, 9.17) is 5.11 Å². The fraction of sp³-hybridized carbons (Fsp3) is 0.167. The molecule has 0 aliphatic carbocycles. The van der Waals surface area contributed by atoms with Gasteiger partial charge in [0.2, 0.25) is 0 Å². The van der Waals surface area contributed by atoms with Gasteiger partial charge in [0.1, 0.15) is 6.54 Å². The Balaban J connectivity index is 1.60. The number of carbonyl (C=O) groups excluding carboxylic acids is 1. The van der Waals surface area contributed by atoms with Crippen LogP contribution in [0.4, 0.5) is 36.8 Å². The van der Waals surface area contributed by atoms with Gasteiger partial charge in [-0.15, -0.1) is 0 Å². The molecule has 16 heteroatoms. The summed E-state index contributed by atoms with van der Waals surface area (Å²) in [5, 5.41) is 13.9. The first-order chi connectivity index (χ1) is 18.6. The van der Waals surface area contributed by atoms with Crippen molar-refractivity contribution >= 4 is 28.7 Å². The maximum Gasteiger partial charge on any atom is 0.418 e. The van der Waals surface area contributed by atoms with E-state index in [1.54, 1.807) is 0 Å². The third-order valence-corrected chi connectivity index (χ3v) is 5.65. The first-order valence-electron chi connectivity index (χ1n) is 11.1. The molecule has 2 aromatic carbocycles. The summed E-state index contributed by atoms with van der Waals surface area (Å²) in [6.07, 6.45) is -7.00. The van der Waals surface area contributed by atoms with E-state index in [1.807, 2.05) is 4.98 Å². The number of H-pyrrole nitrogens is 1. The van der Waals surface area contributed by atoms with Crippen molar-refractivity contribution in [3.8, 4) is 5.69 Å². The van der Waals surface area contributed by atoms with Gasteiger partial charge in [-0.2, -0.15) is 26.3 Å². The molecular formula is C24H17F6N5O5. The number of carbonyl (C=O) groups is 2. The van der Waals surface area contributed by atoms with Crippen molar-refractivity contribution in [2.75, 3.05) is 5.32 Å². The minimum atomic E-state index is -4.92. The fourth-order valence-electron chi connectivity index (χ4n) is 3.84. The summed E-state index contributed by atoms with van der Waals surface area (Å²) in [4.78, 5) is 49.5. The van der Waals surface area contributed by atoms with Crippen molar-refractivity contribution in [3.05, 3.63) is 92.3 Å². The summed E-state index contributed by atoms with van der Waals surface area (Å²) < 4.78 is 81.3. The monoisotopic (exact) mass is 569 g/mol. The van der Waals surface area contributed by atoms with Crippen molar-refractivity contribution in [1.82, 2.24) is 19.4 Å². The van der Waals surface area contributed by atoms with E-state index in [0.717, 1.165) is 34.9 Å². The van der Waals surface area contributed by atoms with Gasteiger partial charge < -0.3 is 25.3 Å². The number of nitrogens with zero attached hydrogens (tertiary/aromatic N) is 2. The number of halogens is 6. The summed E-state index contributed by atoms with van der Waals surface area (Å²) in [6, 6.07) is 5.73.